The molecule has 0 atom stereocenters. The van der Waals surface area contributed by atoms with Crippen LogP contribution in [0.4, 0.5) is 5.82 Å². The molecule has 5 rings (SSSR count). The summed E-state index contributed by atoms with van der Waals surface area (Å²) in [6.45, 7) is 7.35. The molecule has 1 amide bonds. The van der Waals surface area contributed by atoms with Crippen LogP contribution in [0, 0.1) is 5.41 Å². The number of thiophene rings is 1. The number of rotatable bonds is 7. The number of likely N-dealkylation sites (tertiary alicyclic amines) is 1. The van der Waals surface area contributed by atoms with Crippen molar-refractivity contribution in [1.29, 1.82) is 0 Å². The van der Waals surface area contributed by atoms with Crippen LogP contribution < -0.4 is 10.5 Å². The zero-order chi connectivity index (χ0) is 30.0. The van der Waals surface area contributed by atoms with Gasteiger partial charge in [0.1, 0.15) is 18.1 Å². The monoisotopic (exact) mass is 606 g/mol. The van der Waals surface area contributed by atoms with Crippen LogP contribution in [-0.4, -0.2) is 56.2 Å². The first-order valence-electron chi connectivity index (χ1n) is 14.0. The summed E-state index contributed by atoms with van der Waals surface area (Å²) >= 11 is 7.63. The Morgan fingerprint density at radius 1 is 1.02 bits per heavy atom. The SMILES string of the molecule is CN(Cc1ccc(Cl)s1)c1cc(-c2cc(-c3ccncc3)cn(CC(=O)N3CCCCC3)c2=O)nn1C(=O)C(C)(C)C. The molecule has 1 aliphatic rings. The molecule has 0 unspecified atom stereocenters. The van der Waals surface area contributed by atoms with Crippen LogP contribution in [0.25, 0.3) is 22.4 Å². The van der Waals surface area contributed by atoms with E-state index in [1.165, 1.54) is 20.6 Å². The number of carbonyl (C=O) groups excluding carboxylic acids is 2. The predicted molar refractivity (Wildman–Crippen MR) is 167 cm³/mol. The third-order valence-electron chi connectivity index (χ3n) is 7.33. The van der Waals surface area contributed by atoms with Gasteiger partial charge in [0.15, 0.2) is 0 Å². The Morgan fingerprint density at radius 2 is 1.74 bits per heavy atom. The van der Waals surface area contributed by atoms with Gasteiger partial charge in [-0.1, -0.05) is 32.4 Å². The Morgan fingerprint density at radius 3 is 2.38 bits per heavy atom. The molecule has 0 spiro atoms. The molecule has 1 saturated heterocycles. The number of aromatic nitrogens is 4. The van der Waals surface area contributed by atoms with Crippen LogP contribution in [-0.2, 0) is 17.9 Å². The van der Waals surface area contributed by atoms with Gasteiger partial charge in [-0.25, -0.2) is 0 Å². The lowest BCUT2D eigenvalue weighted by Crippen LogP contribution is -2.39. The number of piperidine rings is 1. The van der Waals surface area contributed by atoms with Crippen molar-refractivity contribution in [3.8, 4) is 22.4 Å². The van der Waals surface area contributed by atoms with Gasteiger partial charge in [0.2, 0.25) is 5.91 Å². The van der Waals surface area contributed by atoms with Crippen molar-refractivity contribution >= 4 is 40.6 Å². The van der Waals surface area contributed by atoms with Crippen molar-refractivity contribution in [3.05, 3.63) is 74.6 Å². The predicted octanol–water partition coefficient (Wildman–Crippen LogP) is 5.82. The standard InChI is InChI=1S/C31H35ClN6O3S/c1-31(2,3)30(41)38-27(35(4)19-23-8-9-26(32)42-23)17-25(34-38)24-16-22(21-10-12-33-13-11-21)18-37(29(24)40)20-28(39)36-14-6-5-7-15-36/h8-13,16-18H,5-7,14-15,19-20H2,1-4H3. The average molecular weight is 607 g/mol. The zero-order valence-corrected chi connectivity index (χ0v) is 25.9. The summed E-state index contributed by atoms with van der Waals surface area (Å²) in [5, 5.41) is 4.70. The molecule has 1 aliphatic heterocycles. The minimum atomic E-state index is -0.717. The summed E-state index contributed by atoms with van der Waals surface area (Å²) in [6.07, 6.45) is 8.13. The maximum atomic E-state index is 13.9. The number of hydrogen-bond donors (Lipinski definition) is 0. The molecule has 0 radical (unpaired) electrons. The van der Waals surface area contributed by atoms with Crippen LogP contribution in [0.15, 0.2) is 59.8 Å². The van der Waals surface area contributed by atoms with Crippen LogP contribution >= 0.6 is 22.9 Å². The van der Waals surface area contributed by atoms with Crippen molar-refractivity contribution in [2.24, 2.45) is 5.41 Å². The van der Waals surface area contributed by atoms with E-state index in [1.54, 1.807) is 30.7 Å². The Labute approximate surface area is 254 Å². The second-order valence-electron chi connectivity index (χ2n) is 11.7. The highest BCUT2D eigenvalue weighted by molar-refractivity contribution is 7.16. The van der Waals surface area contributed by atoms with Gasteiger partial charge in [-0.2, -0.15) is 9.78 Å². The smallest absolute Gasteiger partial charge is 0.260 e. The van der Waals surface area contributed by atoms with Gasteiger partial charge in [0, 0.05) is 55.1 Å². The molecule has 1 fully saturated rings. The summed E-state index contributed by atoms with van der Waals surface area (Å²) in [7, 11) is 1.88. The summed E-state index contributed by atoms with van der Waals surface area (Å²) < 4.78 is 3.53. The molecule has 0 N–H and O–H groups in total. The first-order valence-corrected chi connectivity index (χ1v) is 15.2. The van der Waals surface area contributed by atoms with E-state index >= 15 is 0 Å². The van der Waals surface area contributed by atoms with E-state index in [4.69, 9.17) is 16.7 Å². The molecule has 220 valence electrons. The van der Waals surface area contributed by atoms with Gasteiger partial charge < -0.3 is 14.4 Å². The van der Waals surface area contributed by atoms with E-state index in [9.17, 15) is 14.4 Å². The molecule has 11 heteroatoms. The Bertz CT molecular complexity index is 1650. The van der Waals surface area contributed by atoms with Crippen molar-refractivity contribution in [3.63, 3.8) is 0 Å². The zero-order valence-electron chi connectivity index (χ0n) is 24.3. The highest BCUT2D eigenvalue weighted by Crippen LogP contribution is 2.30. The fourth-order valence-corrected chi connectivity index (χ4v) is 6.16. The molecule has 9 nitrogen and oxygen atoms in total. The minimum absolute atomic E-state index is 0.0711. The van der Waals surface area contributed by atoms with Crippen molar-refractivity contribution in [2.75, 3.05) is 25.0 Å². The molecule has 4 aromatic heterocycles. The number of halogens is 1. The lowest BCUT2D eigenvalue weighted by atomic mass is 9.96. The van der Waals surface area contributed by atoms with Gasteiger partial charge in [0.25, 0.3) is 11.5 Å². The van der Waals surface area contributed by atoms with E-state index in [1.807, 2.05) is 61.9 Å². The lowest BCUT2D eigenvalue weighted by Gasteiger charge is -2.27. The first-order chi connectivity index (χ1) is 20.0. The minimum Gasteiger partial charge on any atom is -0.354 e. The molecule has 0 bridgehead atoms. The van der Waals surface area contributed by atoms with E-state index < -0.39 is 5.41 Å². The van der Waals surface area contributed by atoms with Gasteiger partial charge in [0.05, 0.1) is 16.4 Å². The summed E-state index contributed by atoms with van der Waals surface area (Å²) in [5.41, 5.74) is 1.21. The average Bonchev–Trinajstić information content (AvgIpc) is 3.60. The molecule has 0 aromatic carbocycles. The normalized spacial score (nSPS) is 13.8. The Kier molecular flexibility index (Phi) is 8.65. The van der Waals surface area contributed by atoms with Crippen LogP contribution in [0.5, 0.6) is 0 Å². The van der Waals surface area contributed by atoms with Crippen LogP contribution in [0.3, 0.4) is 0 Å². The van der Waals surface area contributed by atoms with Gasteiger partial charge in [-0.15, -0.1) is 11.3 Å². The molecular formula is C31H35ClN6O3S. The van der Waals surface area contributed by atoms with Gasteiger partial charge in [-0.05, 0) is 60.7 Å². The molecule has 42 heavy (non-hydrogen) atoms. The molecule has 4 aromatic rings. The lowest BCUT2D eigenvalue weighted by molar-refractivity contribution is -0.132. The number of carbonyl (C=O) groups is 2. The molecule has 5 heterocycles. The Balaban J connectivity index is 1.61. The fraction of sp³-hybridized carbons (Fsp3) is 0.387. The highest BCUT2D eigenvalue weighted by atomic mass is 35.5. The second-order valence-corrected chi connectivity index (χ2v) is 13.5. The number of amides is 1. The number of nitrogens with zero attached hydrogens (tertiary/aromatic N) is 6. The third-order valence-corrected chi connectivity index (χ3v) is 8.54. The largest absolute Gasteiger partial charge is 0.354 e. The quantitative estimate of drug-likeness (QED) is 0.263. The maximum Gasteiger partial charge on any atom is 0.260 e. The topological polar surface area (TPSA) is 93.3 Å². The van der Waals surface area contributed by atoms with Crippen LogP contribution in [0.2, 0.25) is 4.34 Å². The second kappa shape index (κ2) is 12.2. The van der Waals surface area contributed by atoms with E-state index in [-0.39, 0.29) is 23.9 Å². The third kappa shape index (κ3) is 6.50. The first kappa shape index (κ1) is 29.7. The number of anilines is 1. The summed E-state index contributed by atoms with van der Waals surface area (Å²) in [6, 6.07) is 11.0. The summed E-state index contributed by atoms with van der Waals surface area (Å²) in [5.74, 6) is 0.267. The van der Waals surface area contributed by atoms with Crippen molar-refractivity contribution in [1.82, 2.24) is 24.2 Å². The van der Waals surface area contributed by atoms with Crippen molar-refractivity contribution < 1.29 is 9.59 Å². The Hall–Kier alpha value is -3.76. The molecule has 0 saturated carbocycles. The van der Waals surface area contributed by atoms with Gasteiger partial charge in [-0.3, -0.25) is 19.4 Å². The van der Waals surface area contributed by atoms with E-state index in [2.05, 4.69) is 4.98 Å². The van der Waals surface area contributed by atoms with E-state index in [0.29, 0.717) is 41.0 Å². The van der Waals surface area contributed by atoms with Crippen molar-refractivity contribution in [2.45, 2.75) is 53.1 Å². The molecule has 0 aliphatic carbocycles. The van der Waals surface area contributed by atoms with Gasteiger partial charge >= 0.3 is 0 Å². The maximum absolute atomic E-state index is 13.9. The fourth-order valence-electron chi connectivity index (χ4n) is 5.02. The number of pyridine rings is 2. The highest BCUT2D eigenvalue weighted by Gasteiger charge is 2.29. The molecular weight excluding hydrogens is 572 g/mol. The van der Waals surface area contributed by atoms with Crippen LogP contribution in [0.1, 0.15) is 49.7 Å². The number of hydrogen-bond acceptors (Lipinski definition) is 7. The van der Waals surface area contributed by atoms with E-state index in [0.717, 1.165) is 35.3 Å². The summed E-state index contributed by atoms with van der Waals surface area (Å²) in [4.78, 5) is 49.6.